The Bertz CT molecular complexity index is 717. The van der Waals surface area contributed by atoms with E-state index in [2.05, 4.69) is 0 Å². The van der Waals surface area contributed by atoms with Crippen molar-refractivity contribution in [2.75, 3.05) is 0 Å². The van der Waals surface area contributed by atoms with E-state index in [0.717, 1.165) is 5.69 Å². The quantitative estimate of drug-likeness (QED) is 0.766. The average molecular weight is 265 g/mol. The van der Waals surface area contributed by atoms with Crippen LogP contribution in [0.4, 0.5) is 0 Å². The first kappa shape index (κ1) is 12.4. The Hall–Kier alpha value is -2.68. The molecule has 1 aromatic heterocycles. The molecule has 0 aliphatic rings. The first-order valence-electron chi connectivity index (χ1n) is 6.43. The topological polar surface area (TPSA) is 34.4 Å². The molecule has 0 spiro atoms. The van der Waals surface area contributed by atoms with Gasteiger partial charge >= 0.3 is 0 Å². The first-order chi connectivity index (χ1) is 9.72. The lowest BCUT2D eigenvalue weighted by atomic mass is 10.2. The van der Waals surface area contributed by atoms with E-state index in [-0.39, 0.29) is 5.75 Å². The third kappa shape index (κ3) is 2.52. The number of rotatable bonds is 3. The van der Waals surface area contributed by atoms with Crippen molar-refractivity contribution in [1.82, 2.24) is 4.57 Å². The van der Waals surface area contributed by atoms with Crippen molar-refractivity contribution >= 4 is 0 Å². The van der Waals surface area contributed by atoms with Crippen LogP contribution in [-0.2, 0) is 0 Å². The highest BCUT2D eigenvalue weighted by Crippen LogP contribution is 2.32. The van der Waals surface area contributed by atoms with Crippen LogP contribution in [0.3, 0.4) is 0 Å². The van der Waals surface area contributed by atoms with Crippen LogP contribution >= 0.6 is 0 Å². The van der Waals surface area contributed by atoms with Crippen LogP contribution in [0.5, 0.6) is 17.2 Å². The van der Waals surface area contributed by atoms with E-state index in [9.17, 15) is 5.11 Å². The normalized spacial score (nSPS) is 10.4. The molecular weight excluding hydrogens is 250 g/mol. The molecule has 0 unspecified atom stereocenters. The Kier molecular flexibility index (Phi) is 3.17. The number of phenolic OH excluding ortho intramolecular Hbond substituents is 1. The van der Waals surface area contributed by atoms with E-state index in [4.69, 9.17) is 4.74 Å². The molecule has 100 valence electrons. The lowest BCUT2D eigenvalue weighted by Gasteiger charge is -2.10. The van der Waals surface area contributed by atoms with Crippen molar-refractivity contribution in [3.8, 4) is 22.9 Å². The van der Waals surface area contributed by atoms with Gasteiger partial charge in [0.15, 0.2) is 11.5 Å². The molecule has 20 heavy (non-hydrogen) atoms. The highest BCUT2D eigenvalue weighted by molar-refractivity contribution is 5.50. The van der Waals surface area contributed by atoms with Crippen LogP contribution in [0.2, 0.25) is 0 Å². The summed E-state index contributed by atoms with van der Waals surface area (Å²) >= 11 is 0. The number of phenols is 1. The molecule has 0 atom stereocenters. The van der Waals surface area contributed by atoms with E-state index >= 15 is 0 Å². The standard InChI is InChI=1S/C17H15NO2/c1-13-9-10-18(12-13)14-7-8-16(19)17(11-14)20-15-5-3-2-4-6-15/h2-12,19H,1H3. The second-order valence-corrected chi connectivity index (χ2v) is 4.66. The fraction of sp³-hybridized carbons (Fsp3) is 0.0588. The van der Waals surface area contributed by atoms with Gasteiger partial charge in [-0.3, -0.25) is 0 Å². The summed E-state index contributed by atoms with van der Waals surface area (Å²) in [4.78, 5) is 0. The van der Waals surface area contributed by atoms with Crippen LogP contribution in [0.1, 0.15) is 5.56 Å². The Balaban J connectivity index is 1.95. The van der Waals surface area contributed by atoms with Gasteiger partial charge in [0.1, 0.15) is 5.75 Å². The van der Waals surface area contributed by atoms with Gasteiger partial charge in [0.25, 0.3) is 0 Å². The van der Waals surface area contributed by atoms with Gasteiger partial charge in [-0.05, 0) is 42.8 Å². The summed E-state index contributed by atoms with van der Waals surface area (Å²) in [5.41, 5.74) is 2.13. The molecule has 0 aliphatic carbocycles. The van der Waals surface area contributed by atoms with Crippen LogP contribution in [0.25, 0.3) is 5.69 Å². The molecule has 0 amide bonds. The number of aromatic hydroxyl groups is 1. The largest absolute Gasteiger partial charge is 0.504 e. The van der Waals surface area contributed by atoms with Gasteiger partial charge in [-0.2, -0.15) is 0 Å². The maximum atomic E-state index is 9.91. The van der Waals surface area contributed by atoms with Gasteiger partial charge in [0.2, 0.25) is 0 Å². The van der Waals surface area contributed by atoms with Crippen molar-refractivity contribution in [3.05, 3.63) is 72.6 Å². The SMILES string of the molecule is Cc1ccn(-c2ccc(O)c(Oc3ccccc3)c2)c1. The Morgan fingerprint density at radius 2 is 1.80 bits per heavy atom. The molecule has 2 aromatic carbocycles. The van der Waals surface area contributed by atoms with Crippen LogP contribution < -0.4 is 4.74 Å². The number of benzene rings is 2. The second kappa shape index (κ2) is 5.13. The molecule has 3 rings (SSSR count). The zero-order valence-corrected chi connectivity index (χ0v) is 11.2. The Morgan fingerprint density at radius 1 is 1.00 bits per heavy atom. The van der Waals surface area contributed by atoms with Gasteiger partial charge in [-0.15, -0.1) is 0 Å². The molecule has 3 heteroatoms. The second-order valence-electron chi connectivity index (χ2n) is 4.66. The summed E-state index contributed by atoms with van der Waals surface area (Å²) in [5, 5.41) is 9.91. The van der Waals surface area contributed by atoms with Gasteiger partial charge < -0.3 is 14.4 Å². The zero-order valence-electron chi connectivity index (χ0n) is 11.2. The molecular formula is C17H15NO2. The predicted molar refractivity (Wildman–Crippen MR) is 78.7 cm³/mol. The minimum Gasteiger partial charge on any atom is -0.504 e. The third-order valence-electron chi connectivity index (χ3n) is 3.05. The summed E-state index contributed by atoms with van der Waals surface area (Å²) in [6.45, 7) is 2.04. The lowest BCUT2D eigenvalue weighted by Crippen LogP contribution is -1.91. The monoisotopic (exact) mass is 265 g/mol. The van der Waals surface area contributed by atoms with Crippen molar-refractivity contribution in [3.63, 3.8) is 0 Å². The molecule has 0 radical (unpaired) electrons. The van der Waals surface area contributed by atoms with Crippen molar-refractivity contribution < 1.29 is 9.84 Å². The smallest absolute Gasteiger partial charge is 0.171 e. The average Bonchev–Trinajstić information content (AvgIpc) is 2.89. The molecule has 1 heterocycles. The summed E-state index contributed by atoms with van der Waals surface area (Å²) < 4.78 is 7.71. The van der Waals surface area contributed by atoms with Crippen LogP contribution in [0.15, 0.2) is 67.0 Å². The highest BCUT2D eigenvalue weighted by Gasteiger charge is 2.06. The van der Waals surface area contributed by atoms with Crippen LogP contribution in [0, 0.1) is 6.92 Å². The fourth-order valence-electron chi connectivity index (χ4n) is 2.02. The zero-order chi connectivity index (χ0) is 13.9. The number of aromatic nitrogens is 1. The molecule has 3 aromatic rings. The number of aryl methyl sites for hydroxylation is 1. The van der Waals surface area contributed by atoms with Gasteiger partial charge in [-0.25, -0.2) is 0 Å². The molecule has 3 nitrogen and oxygen atoms in total. The number of hydrogen-bond donors (Lipinski definition) is 1. The lowest BCUT2D eigenvalue weighted by molar-refractivity contribution is 0.411. The molecule has 0 saturated carbocycles. The Labute approximate surface area is 117 Å². The van der Waals surface area contributed by atoms with Crippen molar-refractivity contribution in [1.29, 1.82) is 0 Å². The van der Waals surface area contributed by atoms with E-state index in [1.54, 1.807) is 6.07 Å². The van der Waals surface area contributed by atoms with Crippen molar-refractivity contribution in [2.24, 2.45) is 0 Å². The predicted octanol–water partition coefficient (Wildman–Crippen LogP) is 4.28. The van der Waals surface area contributed by atoms with Gasteiger partial charge in [0, 0.05) is 24.1 Å². The van der Waals surface area contributed by atoms with E-state index in [1.165, 1.54) is 5.56 Å². The molecule has 1 N–H and O–H groups in total. The maximum absolute atomic E-state index is 9.91. The molecule has 0 saturated heterocycles. The van der Waals surface area contributed by atoms with Gasteiger partial charge in [0.05, 0.1) is 0 Å². The van der Waals surface area contributed by atoms with Crippen molar-refractivity contribution in [2.45, 2.75) is 6.92 Å². The minimum atomic E-state index is 0.126. The first-order valence-corrected chi connectivity index (χ1v) is 6.43. The highest BCUT2D eigenvalue weighted by atomic mass is 16.5. The summed E-state index contributed by atoms with van der Waals surface area (Å²) in [7, 11) is 0. The fourth-order valence-corrected chi connectivity index (χ4v) is 2.02. The molecule has 0 aliphatic heterocycles. The third-order valence-corrected chi connectivity index (χ3v) is 3.05. The maximum Gasteiger partial charge on any atom is 0.171 e. The van der Waals surface area contributed by atoms with E-state index in [0.29, 0.717) is 11.5 Å². The molecule has 0 bridgehead atoms. The van der Waals surface area contributed by atoms with Gasteiger partial charge in [-0.1, -0.05) is 18.2 Å². The summed E-state index contributed by atoms with van der Waals surface area (Å²) in [5.74, 6) is 1.27. The number of hydrogen-bond acceptors (Lipinski definition) is 2. The Morgan fingerprint density at radius 3 is 2.50 bits per heavy atom. The number of para-hydroxylation sites is 1. The number of ether oxygens (including phenoxy) is 1. The van der Waals surface area contributed by atoms with Crippen LogP contribution in [-0.4, -0.2) is 9.67 Å². The summed E-state index contributed by atoms with van der Waals surface area (Å²) in [6.07, 6.45) is 4.01. The number of nitrogens with zero attached hydrogens (tertiary/aromatic N) is 1. The summed E-state index contributed by atoms with van der Waals surface area (Å²) in [6, 6.07) is 16.8. The van der Waals surface area contributed by atoms with E-state index in [1.807, 2.05) is 72.4 Å². The minimum absolute atomic E-state index is 0.126. The molecule has 0 fully saturated rings. The van der Waals surface area contributed by atoms with E-state index < -0.39 is 0 Å².